The maximum absolute atomic E-state index is 14.3. The molecule has 50 heavy (non-hydrogen) atoms. The highest BCUT2D eigenvalue weighted by atomic mass is 19.4. The van der Waals surface area contributed by atoms with Crippen molar-refractivity contribution in [2.45, 2.75) is 70.4 Å². The van der Waals surface area contributed by atoms with Gasteiger partial charge < -0.3 is 24.3 Å². The summed E-state index contributed by atoms with van der Waals surface area (Å²) in [5.41, 5.74) is 2.92. The van der Waals surface area contributed by atoms with Crippen LogP contribution in [0.4, 0.5) is 24.7 Å². The second-order valence-electron chi connectivity index (χ2n) is 14.2. The minimum Gasteiger partial charge on any atom is -0.466 e. The van der Waals surface area contributed by atoms with Crippen molar-refractivity contribution in [3.05, 3.63) is 47.8 Å². The van der Waals surface area contributed by atoms with Crippen molar-refractivity contribution in [3.8, 4) is 22.8 Å². The molecule has 10 nitrogen and oxygen atoms in total. The molecule has 13 heteroatoms. The molecule has 1 saturated heterocycles. The number of nitrogens with zero attached hydrogens (tertiary/aromatic N) is 6. The van der Waals surface area contributed by atoms with Crippen molar-refractivity contribution < 1.29 is 27.4 Å². The van der Waals surface area contributed by atoms with Gasteiger partial charge in [-0.25, -0.2) is 19.9 Å². The summed E-state index contributed by atoms with van der Waals surface area (Å²) in [5.74, 6) is 0.885. The molecule has 3 aliphatic rings. The van der Waals surface area contributed by atoms with Crippen LogP contribution < -0.4 is 9.80 Å². The molecule has 0 bridgehead atoms. The predicted molar refractivity (Wildman–Crippen MR) is 185 cm³/mol. The fourth-order valence-corrected chi connectivity index (χ4v) is 7.83. The second kappa shape index (κ2) is 13.8. The monoisotopic (exact) mass is 691 g/mol. The number of alkyl halides is 3. The zero-order chi connectivity index (χ0) is 35.0. The molecule has 0 radical (unpaired) electrons. The Balaban J connectivity index is 1.22. The lowest BCUT2D eigenvalue weighted by Gasteiger charge is -2.34. The third kappa shape index (κ3) is 7.01. The number of aromatic nitrogens is 5. The molecule has 0 unspecified atom stereocenters. The number of carbonyl (C=O) groups is 1. The number of H-pyrrole nitrogens is 1. The molecule has 1 aliphatic heterocycles. The fraction of sp³-hybridized carbons (Fsp3) is 0.541. The first-order chi connectivity index (χ1) is 24.1. The number of benzene rings is 1. The van der Waals surface area contributed by atoms with E-state index in [0.717, 1.165) is 44.2 Å². The number of hydrogen-bond donors (Lipinski definition) is 1. The van der Waals surface area contributed by atoms with Gasteiger partial charge in [0.15, 0.2) is 11.5 Å². The van der Waals surface area contributed by atoms with Gasteiger partial charge in [0.05, 0.1) is 48.5 Å². The largest absolute Gasteiger partial charge is 0.466 e. The van der Waals surface area contributed by atoms with Crippen LogP contribution in [0.1, 0.15) is 75.3 Å². The number of anilines is 2. The molecule has 0 amide bonds. The fourth-order valence-electron chi connectivity index (χ4n) is 7.83. The van der Waals surface area contributed by atoms with E-state index in [1.165, 1.54) is 6.07 Å². The highest BCUT2D eigenvalue weighted by Gasteiger charge is 2.39. The van der Waals surface area contributed by atoms with E-state index in [9.17, 15) is 18.0 Å². The molecule has 3 aromatic heterocycles. The van der Waals surface area contributed by atoms with Crippen molar-refractivity contribution in [1.82, 2.24) is 24.9 Å². The number of piperidine rings is 1. The van der Waals surface area contributed by atoms with Gasteiger partial charge in [0.25, 0.3) is 0 Å². The second-order valence-corrected chi connectivity index (χ2v) is 14.2. The van der Waals surface area contributed by atoms with E-state index in [1.54, 1.807) is 31.6 Å². The highest BCUT2D eigenvalue weighted by molar-refractivity contribution is 5.91. The Morgan fingerprint density at radius 2 is 1.80 bits per heavy atom. The molecule has 2 aliphatic carbocycles. The molecule has 4 heterocycles. The summed E-state index contributed by atoms with van der Waals surface area (Å²) in [6.07, 6.45) is 6.18. The number of rotatable bonds is 11. The molecule has 1 aromatic carbocycles. The van der Waals surface area contributed by atoms with Crippen LogP contribution in [-0.4, -0.2) is 77.9 Å². The van der Waals surface area contributed by atoms with Crippen LogP contribution in [0.25, 0.3) is 33.9 Å². The number of fused-ring (bicyclic) bond motifs is 1. The molecule has 7 rings (SSSR count). The number of hydrogen-bond acceptors (Lipinski definition) is 9. The number of pyridine rings is 1. The van der Waals surface area contributed by atoms with Gasteiger partial charge in [-0.05, 0) is 69.1 Å². The average Bonchev–Trinajstić information content (AvgIpc) is 3.71. The van der Waals surface area contributed by atoms with Crippen LogP contribution in [0, 0.1) is 11.3 Å². The van der Waals surface area contributed by atoms with Crippen LogP contribution in [0.2, 0.25) is 0 Å². The van der Waals surface area contributed by atoms with Crippen LogP contribution in [-0.2, 0) is 20.4 Å². The van der Waals surface area contributed by atoms with E-state index in [4.69, 9.17) is 19.4 Å². The van der Waals surface area contributed by atoms with Crippen LogP contribution in [0.3, 0.4) is 0 Å². The van der Waals surface area contributed by atoms with Gasteiger partial charge in [-0.1, -0.05) is 25.0 Å². The summed E-state index contributed by atoms with van der Waals surface area (Å²) in [4.78, 5) is 38.8. The Bertz CT molecular complexity index is 1830. The van der Waals surface area contributed by atoms with Gasteiger partial charge in [0, 0.05) is 44.8 Å². The Morgan fingerprint density at radius 3 is 2.44 bits per heavy atom. The van der Waals surface area contributed by atoms with E-state index in [2.05, 4.69) is 24.8 Å². The minimum absolute atomic E-state index is 0.0242. The number of esters is 1. The smallest absolute Gasteiger partial charge is 0.416 e. The Hall–Kier alpha value is -4.26. The number of halogens is 3. The predicted octanol–water partition coefficient (Wildman–Crippen LogP) is 7.40. The lowest BCUT2D eigenvalue weighted by atomic mass is 9.86. The zero-order valence-electron chi connectivity index (χ0n) is 28.9. The lowest BCUT2D eigenvalue weighted by molar-refractivity contribution is -0.148. The standard InChI is InChI=1S/C37H44F3N7O3/c1-4-50-35(48)24-11-15-47(16-12-24)31-20-41-29(19-42-31)33-44-32-30(46(2)21-36(22-49-3)13-5-6-14-36)18-28(43-34(32)45-33)25-9-10-26(23-7-8-23)27(17-25)37(38,39)40/h9-10,17-20,23-24H,4-8,11-16,21-22H2,1-3H3,(H,43,44,45). The van der Waals surface area contributed by atoms with Gasteiger partial charge in [-0.15, -0.1) is 0 Å². The SMILES string of the molecule is CCOC(=O)C1CCN(c2cnc(-c3nc4nc(-c5ccc(C6CC6)c(C(F)(F)F)c5)cc(N(C)CC5(COC)CCCC5)c4[nH]3)cn2)CC1. The first-order valence-electron chi connectivity index (χ1n) is 17.6. The maximum Gasteiger partial charge on any atom is 0.416 e. The topological polar surface area (TPSA) is 109 Å². The Labute approximate surface area is 289 Å². The summed E-state index contributed by atoms with van der Waals surface area (Å²) < 4.78 is 53.6. The number of imidazole rings is 1. The highest BCUT2D eigenvalue weighted by Crippen LogP contribution is 2.47. The average molecular weight is 692 g/mol. The molecule has 0 spiro atoms. The number of aromatic amines is 1. The molecule has 266 valence electrons. The summed E-state index contributed by atoms with van der Waals surface area (Å²) in [5, 5.41) is 0. The van der Waals surface area contributed by atoms with Gasteiger partial charge in [0.1, 0.15) is 17.0 Å². The normalized spacial score (nSPS) is 18.2. The molecule has 3 fully saturated rings. The lowest BCUT2D eigenvalue weighted by Crippen LogP contribution is -2.37. The van der Waals surface area contributed by atoms with Gasteiger partial charge in [0.2, 0.25) is 0 Å². The maximum atomic E-state index is 14.3. The molecule has 0 atom stereocenters. The van der Waals surface area contributed by atoms with Crippen LogP contribution in [0.5, 0.6) is 0 Å². The van der Waals surface area contributed by atoms with Crippen LogP contribution in [0.15, 0.2) is 36.7 Å². The van der Waals surface area contributed by atoms with Crippen molar-refractivity contribution >= 4 is 28.6 Å². The summed E-state index contributed by atoms with van der Waals surface area (Å²) in [7, 11) is 3.73. The number of carbonyl (C=O) groups excluding carboxylic acids is 1. The van der Waals surface area contributed by atoms with Gasteiger partial charge >= 0.3 is 12.1 Å². The van der Waals surface area contributed by atoms with Crippen molar-refractivity contribution in [3.63, 3.8) is 0 Å². The summed E-state index contributed by atoms with van der Waals surface area (Å²) >= 11 is 0. The third-order valence-corrected chi connectivity index (χ3v) is 10.5. The van der Waals surface area contributed by atoms with Gasteiger partial charge in [-0.2, -0.15) is 13.2 Å². The third-order valence-electron chi connectivity index (χ3n) is 10.5. The van der Waals surface area contributed by atoms with Crippen molar-refractivity contribution in [2.24, 2.45) is 11.3 Å². The number of nitrogens with one attached hydrogen (secondary N) is 1. The van der Waals surface area contributed by atoms with Crippen molar-refractivity contribution in [2.75, 3.05) is 56.8 Å². The number of methoxy groups -OCH3 is 1. The van der Waals surface area contributed by atoms with E-state index < -0.39 is 11.7 Å². The molecule has 4 aromatic rings. The van der Waals surface area contributed by atoms with Crippen LogP contribution >= 0.6 is 0 Å². The zero-order valence-corrected chi connectivity index (χ0v) is 28.9. The Morgan fingerprint density at radius 1 is 1.04 bits per heavy atom. The van der Waals surface area contributed by atoms with E-state index >= 15 is 0 Å². The Kier molecular flexibility index (Phi) is 9.44. The molecule has 1 N–H and O–H groups in total. The summed E-state index contributed by atoms with van der Waals surface area (Å²) in [6.45, 7) is 4.88. The summed E-state index contributed by atoms with van der Waals surface area (Å²) in [6, 6.07) is 6.46. The van der Waals surface area contributed by atoms with Crippen molar-refractivity contribution in [1.29, 1.82) is 0 Å². The van der Waals surface area contributed by atoms with E-state index in [-0.39, 0.29) is 23.2 Å². The van der Waals surface area contributed by atoms with E-state index in [0.29, 0.717) is 91.0 Å². The molecular formula is C37H44F3N7O3. The van der Waals surface area contributed by atoms with E-state index in [1.807, 2.05) is 20.0 Å². The molecule has 2 saturated carbocycles. The van der Waals surface area contributed by atoms with Gasteiger partial charge in [-0.3, -0.25) is 4.79 Å². The minimum atomic E-state index is -4.46. The number of ether oxygens (including phenoxy) is 2. The first kappa shape index (κ1) is 34.2. The molecular weight excluding hydrogens is 647 g/mol. The quantitative estimate of drug-likeness (QED) is 0.161. The first-order valence-corrected chi connectivity index (χ1v) is 17.6.